The molecule has 1 amide bonds. The third-order valence-electron chi connectivity index (χ3n) is 5.18. The number of carbonyl (C=O) groups is 1. The van der Waals surface area contributed by atoms with E-state index in [1.807, 2.05) is 30.3 Å². The van der Waals surface area contributed by atoms with Gasteiger partial charge in [-0.1, -0.05) is 59.9 Å². The molecule has 1 heterocycles. The molecule has 4 aromatic rings. The molecule has 10 heteroatoms. The number of sulfone groups is 2. The minimum atomic E-state index is -3.62. The molecule has 176 valence electrons. The molecular weight excluding hydrogens is 492 g/mol. The molecule has 0 aliphatic heterocycles. The van der Waals surface area contributed by atoms with E-state index < -0.39 is 19.7 Å². The van der Waals surface area contributed by atoms with Gasteiger partial charge < -0.3 is 0 Å². The molecule has 0 aliphatic rings. The zero-order chi connectivity index (χ0) is 24.3. The number of aromatic nitrogens is 1. The maximum atomic E-state index is 13.3. The molecule has 0 atom stereocenters. The third-order valence-corrected chi connectivity index (χ3v) is 9.06. The van der Waals surface area contributed by atoms with Crippen molar-refractivity contribution in [2.75, 3.05) is 16.9 Å². The minimum Gasteiger partial charge on any atom is -0.284 e. The van der Waals surface area contributed by atoms with Gasteiger partial charge in [-0.2, -0.15) is 0 Å². The smallest absolute Gasteiger partial charge is 0.230 e. The Morgan fingerprint density at radius 3 is 2.18 bits per heavy atom. The summed E-state index contributed by atoms with van der Waals surface area (Å²) in [5, 5.41) is 0.381. The highest BCUT2D eigenvalue weighted by molar-refractivity contribution is 7.91. The van der Waals surface area contributed by atoms with Crippen LogP contribution in [0.1, 0.15) is 12.0 Å². The lowest BCUT2D eigenvalue weighted by atomic mass is 10.2. The average Bonchev–Trinajstić information content (AvgIpc) is 3.25. The van der Waals surface area contributed by atoms with E-state index in [2.05, 4.69) is 4.98 Å². The van der Waals surface area contributed by atoms with Crippen LogP contribution < -0.4 is 4.90 Å². The fraction of sp³-hybridized carbons (Fsp3) is 0.167. The highest BCUT2D eigenvalue weighted by atomic mass is 32.2. The van der Waals surface area contributed by atoms with Gasteiger partial charge in [-0.05, 0) is 35.9 Å². The highest BCUT2D eigenvalue weighted by Gasteiger charge is 2.24. The Balaban J connectivity index is 1.65. The minimum absolute atomic E-state index is 0.171. The summed E-state index contributed by atoms with van der Waals surface area (Å²) in [5.41, 5.74) is 1.42. The maximum absolute atomic E-state index is 13.3. The molecule has 4 rings (SSSR count). The van der Waals surface area contributed by atoms with Gasteiger partial charge in [-0.3, -0.25) is 9.69 Å². The molecule has 0 N–H and O–H groups in total. The molecule has 7 nitrogen and oxygen atoms in total. The Morgan fingerprint density at radius 1 is 0.882 bits per heavy atom. The van der Waals surface area contributed by atoms with Gasteiger partial charge in [0.15, 0.2) is 24.8 Å². The number of nitrogens with zero attached hydrogens (tertiary/aromatic N) is 2. The Bertz CT molecular complexity index is 1530. The molecule has 3 aromatic carbocycles. The second kappa shape index (κ2) is 9.65. The second-order valence-electron chi connectivity index (χ2n) is 7.75. The first-order valence-corrected chi connectivity index (χ1v) is 14.7. The van der Waals surface area contributed by atoms with Crippen LogP contribution in [-0.4, -0.2) is 39.7 Å². The fourth-order valence-electron chi connectivity index (χ4n) is 3.37. The van der Waals surface area contributed by atoms with Crippen molar-refractivity contribution in [2.45, 2.75) is 22.8 Å². The van der Waals surface area contributed by atoms with Crippen molar-refractivity contribution in [3.05, 3.63) is 84.4 Å². The van der Waals surface area contributed by atoms with Crippen molar-refractivity contribution < 1.29 is 21.6 Å². The molecule has 0 unspecified atom stereocenters. The number of carbonyl (C=O) groups excluding carboxylic acids is 1. The summed E-state index contributed by atoms with van der Waals surface area (Å²) in [6.07, 6.45) is 0.920. The van der Waals surface area contributed by atoms with Gasteiger partial charge in [-0.15, -0.1) is 0 Å². The monoisotopic (exact) mass is 514 g/mol. The molecule has 0 saturated carbocycles. The summed E-state index contributed by atoms with van der Waals surface area (Å²) in [5.74, 6) is -0.713. The van der Waals surface area contributed by atoms with Crippen LogP contribution in [0.2, 0.25) is 0 Å². The van der Waals surface area contributed by atoms with Gasteiger partial charge in [0.1, 0.15) is 0 Å². The Kier molecular flexibility index (Phi) is 6.83. The van der Waals surface area contributed by atoms with Crippen LogP contribution in [0.4, 0.5) is 5.13 Å². The number of anilines is 1. The Labute approximate surface area is 202 Å². The molecule has 34 heavy (non-hydrogen) atoms. The molecular formula is C24H22N2O5S3. The van der Waals surface area contributed by atoms with E-state index in [0.29, 0.717) is 15.3 Å². The quantitative estimate of drug-likeness (QED) is 0.351. The Hall–Kier alpha value is -3.08. The number of benzene rings is 3. The van der Waals surface area contributed by atoms with Crippen LogP contribution in [-0.2, 0) is 31.0 Å². The van der Waals surface area contributed by atoms with Crippen LogP contribution in [0.15, 0.2) is 88.7 Å². The van der Waals surface area contributed by atoms with Crippen molar-refractivity contribution in [3.8, 4) is 0 Å². The van der Waals surface area contributed by atoms with Gasteiger partial charge in [0.05, 0.1) is 32.3 Å². The molecule has 0 saturated heterocycles. The van der Waals surface area contributed by atoms with Gasteiger partial charge in [0.2, 0.25) is 5.91 Å². The van der Waals surface area contributed by atoms with E-state index in [-0.39, 0.29) is 34.4 Å². The van der Waals surface area contributed by atoms with E-state index in [1.165, 1.54) is 40.5 Å². The van der Waals surface area contributed by atoms with E-state index in [1.54, 1.807) is 24.3 Å². The molecule has 0 spiro atoms. The number of thiazole rings is 1. The summed E-state index contributed by atoms with van der Waals surface area (Å²) >= 11 is 1.19. The van der Waals surface area contributed by atoms with Crippen molar-refractivity contribution in [1.82, 2.24) is 4.98 Å². The number of fused-ring (bicyclic) bond motifs is 1. The van der Waals surface area contributed by atoms with Crippen molar-refractivity contribution in [3.63, 3.8) is 0 Å². The zero-order valence-corrected chi connectivity index (χ0v) is 20.7. The summed E-state index contributed by atoms with van der Waals surface area (Å²) in [6, 6.07) is 22.0. The lowest BCUT2D eigenvalue weighted by Gasteiger charge is -2.20. The normalized spacial score (nSPS) is 12.0. The number of amides is 1. The zero-order valence-electron chi connectivity index (χ0n) is 18.3. The summed E-state index contributed by atoms with van der Waals surface area (Å²) < 4.78 is 49.8. The van der Waals surface area contributed by atoms with E-state index in [4.69, 9.17) is 0 Å². The number of rotatable bonds is 8. The standard InChI is InChI=1S/C24H22N2O5S3/c1-33(28,29)20-12-13-21-22(16-20)32-24(25-21)26(17-18-8-4-2-5-9-18)23(27)14-15-34(30,31)19-10-6-3-7-11-19/h2-13,16H,14-15,17H2,1H3. The molecule has 0 aliphatic carbocycles. The van der Waals surface area contributed by atoms with Gasteiger partial charge in [-0.25, -0.2) is 21.8 Å². The number of hydrogen-bond acceptors (Lipinski definition) is 7. The van der Waals surface area contributed by atoms with Crippen LogP contribution in [0.3, 0.4) is 0 Å². The third kappa shape index (κ3) is 5.52. The van der Waals surface area contributed by atoms with E-state index in [0.717, 1.165) is 11.8 Å². The predicted molar refractivity (Wildman–Crippen MR) is 133 cm³/mol. The van der Waals surface area contributed by atoms with Crippen LogP contribution in [0.5, 0.6) is 0 Å². The Morgan fingerprint density at radius 2 is 1.53 bits per heavy atom. The van der Waals surface area contributed by atoms with Crippen molar-refractivity contribution >= 4 is 52.3 Å². The maximum Gasteiger partial charge on any atom is 0.230 e. The molecule has 0 fully saturated rings. The second-order valence-corrected chi connectivity index (χ2v) is 12.9. The lowest BCUT2D eigenvalue weighted by Crippen LogP contribution is -2.31. The van der Waals surface area contributed by atoms with Crippen LogP contribution in [0, 0.1) is 0 Å². The lowest BCUT2D eigenvalue weighted by molar-refractivity contribution is -0.118. The SMILES string of the molecule is CS(=O)(=O)c1ccc2nc(N(Cc3ccccc3)C(=O)CCS(=O)(=O)c3ccccc3)sc2c1. The first kappa shape index (κ1) is 24.1. The molecule has 0 bridgehead atoms. The first-order chi connectivity index (χ1) is 16.1. The first-order valence-electron chi connectivity index (χ1n) is 10.4. The van der Waals surface area contributed by atoms with Crippen molar-refractivity contribution in [1.29, 1.82) is 0 Å². The molecule has 0 radical (unpaired) electrons. The number of hydrogen-bond donors (Lipinski definition) is 0. The predicted octanol–water partition coefficient (Wildman–Crippen LogP) is 4.10. The topological polar surface area (TPSA) is 101 Å². The highest BCUT2D eigenvalue weighted by Crippen LogP contribution is 2.32. The van der Waals surface area contributed by atoms with Gasteiger partial charge in [0.25, 0.3) is 0 Å². The largest absolute Gasteiger partial charge is 0.284 e. The van der Waals surface area contributed by atoms with Crippen LogP contribution in [0.25, 0.3) is 10.2 Å². The van der Waals surface area contributed by atoms with Crippen LogP contribution >= 0.6 is 11.3 Å². The molecule has 1 aromatic heterocycles. The van der Waals surface area contributed by atoms with E-state index >= 15 is 0 Å². The average molecular weight is 515 g/mol. The van der Waals surface area contributed by atoms with Gasteiger partial charge >= 0.3 is 0 Å². The summed E-state index contributed by atoms with van der Waals surface area (Å²) in [7, 11) is -7.01. The fourth-order valence-corrected chi connectivity index (χ4v) is 6.36. The summed E-state index contributed by atoms with van der Waals surface area (Å²) in [4.78, 5) is 19.6. The van der Waals surface area contributed by atoms with Crippen molar-refractivity contribution in [2.24, 2.45) is 0 Å². The van der Waals surface area contributed by atoms with Gasteiger partial charge in [0, 0.05) is 12.7 Å². The summed E-state index contributed by atoms with van der Waals surface area (Å²) in [6.45, 7) is 0.212. The van der Waals surface area contributed by atoms with E-state index in [9.17, 15) is 21.6 Å².